The van der Waals surface area contributed by atoms with Crippen molar-refractivity contribution in [1.29, 1.82) is 5.26 Å². The second-order valence-corrected chi connectivity index (χ2v) is 11.5. The first kappa shape index (κ1) is 25.7. The van der Waals surface area contributed by atoms with E-state index in [2.05, 4.69) is 35.8 Å². The molecule has 0 saturated carbocycles. The highest BCUT2D eigenvalue weighted by atomic mass is 16.5. The van der Waals surface area contributed by atoms with Crippen molar-refractivity contribution in [2.75, 3.05) is 42.8 Å². The Morgan fingerprint density at radius 3 is 2.67 bits per heavy atom. The van der Waals surface area contributed by atoms with Gasteiger partial charge in [-0.3, -0.25) is 0 Å². The van der Waals surface area contributed by atoms with Crippen molar-refractivity contribution in [2.45, 2.75) is 89.3 Å². The van der Waals surface area contributed by atoms with E-state index in [1.807, 2.05) is 16.9 Å². The number of aromatic nitrogens is 5. The molecule has 212 valence electrons. The summed E-state index contributed by atoms with van der Waals surface area (Å²) in [7, 11) is 0. The summed E-state index contributed by atoms with van der Waals surface area (Å²) in [5.41, 5.74) is 2.06. The average Bonchev–Trinajstić information content (AvgIpc) is 3.67. The van der Waals surface area contributed by atoms with Crippen LogP contribution in [-0.4, -0.2) is 81.7 Å². The molecule has 0 aromatic carbocycles. The molecule has 40 heavy (non-hydrogen) atoms. The second kappa shape index (κ2) is 10.7. The summed E-state index contributed by atoms with van der Waals surface area (Å²) < 4.78 is 21.5. The third-order valence-corrected chi connectivity index (χ3v) is 9.02. The molecule has 7 heterocycles. The maximum Gasteiger partial charge on any atom is 0.177 e. The predicted octanol–water partition coefficient (Wildman–Crippen LogP) is 3.95. The van der Waals surface area contributed by atoms with Gasteiger partial charge in [-0.05, 0) is 58.8 Å². The molecule has 3 aromatic heterocycles. The monoisotopic (exact) mass is 546 g/mol. The van der Waals surface area contributed by atoms with E-state index in [1.165, 1.54) is 0 Å². The van der Waals surface area contributed by atoms with Gasteiger partial charge in [0.1, 0.15) is 18.1 Å². The molecule has 5 atom stereocenters. The minimum absolute atomic E-state index is 0.0738. The molecule has 3 aromatic rings. The first-order chi connectivity index (χ1) is 19.6. The zero-order chi connectivity index (χ0) is 27.2. The Labute approximate surface area is 234 Å². The highest BCUT2D eigenvalue weighted by Crippen LogP contribution is 2.40. The Morgan fingerprint density at radius 1 is 1.10 bits per heavy atom. The molecule has 4 aliphatic rings. The third kappa shape index (κ3) is 4.42. The van der Waals surface area contributed by atoms with Crippen LogP contribution < -0.4 is 9.80 Å². The molecule has 4 saturated heterocycles. The fourth-order valence-corrected chi connectivity index (χ4v) is 7.09. The van der Waals surface area contributed by atoms with Crippen molar-refractivity contribution < 1.29 is 14.2 Å². The molecule has 0 aliphatic carbocycles. The van der Waals surface area contributed by atoms with Gasteiger partial charge < -0.3 is 24.0 Å². The number of piperidine rings is 1. The summed E-state index contributed by atoms with van der Waals surface area (Å²) in [6.45, 7) is 8.07. The van der Waals surface area contributed by atoms with Gasteiger partial charge in [0.2, 0.25) is 0 Å². The largest absolute Gasteiger partial charge is 0.378 e. The van der Waals surface area contributed by atoms with E-state index in [9.17, 15) is 5.26 Å². The topological polar surface area (TPSA) is 106 Å². The standard InChI is InChI=1S/C29H38N8O3/c1-3-39-22-9-11-34(19(2)14-22)24-15-26(36-20-7-8-21(36)18-38-17-20)31-29-28(24)23(16-30)32-37(29)25-10-12-35(33-25)27-6-4-5-13-40-27/h10,12,15,19-22,27H,3-9,11,13-14,17-18H2,1-2H3/t19-,20?,21?,22?,27?/m1/s1. The van der Waals surface area contributed by atoms with Crippen molar-refractivity contribution in [3.63, 3.8) is 0 Å². The number of hydrogen-bond donors (Lipinski definition) is 0. The normalized spacial score (nSPS) is 28.8. The van der Waals surface area contributed by atoms with Crippen LogP contribution in [0.4, 0.5) is 11.5 Å². The Balaban J connectivity index is 1.35. The summed E-state index contributed by atoms with van der Waals surface area (Å²) in [6, 6.07) is 7.37. The fraction of sp³-hybridized carbons (Fsp3) is 0.655. The van der Waals surface area contributed by atoms with Crippen molar-refractivity contribution in [3.05, 3.63) is 24.0 Å². The number of hydrogen-bond acceptors (Lipinski definition) is 9. The van der Waals surface area contributed by atoms with Gasteiger partial charge in [0.05, 0.1) is 42.5 Å². The van der Waals surface area contributed by atoms with Gasteiger partial charge in [-0.1, -0.05) is 0 Å². The van der Waals surface area contributed by atoms with Crippen LogP contribution in [0.15, 0.2) is 18.3 Å². The first-order valence-electron chi connectivity index (χ1n) is 14.9. The zero-order valence-corrected chi connectivity index (χ0v) is 23.4. The van der Waals surface area contributed by atoms with Gasteiger partial charge in [0.15, 0.2) is 17.2 Å². The van der Waals surface area contributed by atoms with E-state index < -0.39 is 0 Å². The molecule has 11 heteroatoms. The average molecular weight is 547 g/mol. The van der Waals surface area contributed by atoms with Crippen molar-refractivity contribution in [3.8, 4) is 11.9 Å². The smallest absolute Gasteiger partial charge is 0.177 e. The molecule has 11 nitrogen and oxygen atoms in total. The third-order valence-electron chi connectivity index (χ3n) is 9.02. The number of anilines is 2. The van der Waals surface area contributed by atoms with Crippen LogP contribution in [0.3, 0.4) is 0 Å². The number of morpholine rings is 1. The number of nitriles is 1. The lowest BCUT2D eigenvalue weighted by molar-refractivity contribution is -0.0395. The van der Waals surface area contributed by atoms with Gasteiger partial charge in [0.25, 0.3) is 0 Å². The van der Waals surface area contributed by atoms with Crippen LogP contribution >= 0.6 is 0 Å². The maximum atomic E-state index is 10.3. The Bertz CT molecular complexity index is 1390. The summed E-state index contributed by atoms with van der Waals surface area (Å²) in [6.07, 6.45) is 9.36. The highest BCUT2D eigenvalue weighted by molar-refractivity contribution is 5.96. The molecule has 2 bridgehead atoms. The molecular formula is C29H38N8O3. The molecule has 0 amide bonds. The highest BCUT2D eigenvalue weighted by Gasteiger charge is 2.39. The van der Waals surface area contributed by atoms with Gasteiger partial charge in [-0.15, -0.1) is 0 Å². The van der Waals surface area contributed by atoms with E-state index in [0.717, 1.165) is 94.8 Å². The van der Waals surface area contributed by atoms with Gasteiger partial charge in [0, 0.05) is 44.1 Å². The first-order valence-corrected chi connectivity index (χ1v) is 14.9. The van der Waals surface area contributed by atoms with Crippen LogP contribution in [0, 0.1) is 11.3 Å². The van der Waals surface area contributed by atoms with Crippen molar-refractivity contribution in [1.82, 2.24) is 24.5 Å². The van der Waals surface area contributed by atoms with E-state index in [-0.39, 0.29) is 18.4 Å². The number of nitrogens with zero attached hydrogens (tertiary/aromatic N) is 8. The summed E-state index contributed by atoms with van der Waals surface area (Å²) in [5.74, 6) is 1.57. The molecule has 4 fully saturated rings. The van der Waals surface area contributed by atoms with Gasteiger partial charge in [-0.25, -0.2) is 9.67 Å². The minimum atomic E-state index is -0.0738. The van der Waals surface area contributed by atoms with Crippen molar-refractivity contribution in [2.24, 2.45) is 0 Å². The zero-order valence-electron chi connectivity index (χ0n) is 23.4. The van der Waals surface area contributed by atoms with E-state index >= 15 is 0 Å². The van der Waals surface area contributed by atoms with Crippen LogP contribution in [0.2, 0.25) is 0 Å². The Morgan fingerprint density at radius 2 is 1.95 bits per heavy atom. The molecule has 4 unspecified atom stereocenters. The molecular weight excluding hydrogens is 508 g/mol. The van der Waals surface area contributed by atoms with E-state index in [1.54, 1.807) is 4.68 Å². The van der Waals surface area contributed by atoms with Crippen LogP contribution in [0.25, 0.3) is 16.9 Å². The molecule has 0 radical (unpaired) electrons. The minimum Gasteiger partial charge on any atom is -0.378 e. The molecule has 0 spiro atoms. The van der Waals surface area contributed by atoms with Crippen LogP contribution in [0.1, 0.15) is 70.7 Å². The summed E-state index contributed by atoms with van der Waals surface area (Å²) in [4.78, 5) is 10.1. The van der Waals surface area contributed by atoms with Crippen LogP contribution in [-0.2, 0) is 14.2 Å². The SMILES string of the molecule is CCOC1CCN(c2cc(N3C4CCC3COC4)nc3c2c(C#N)nn3-c2ccn(C3CCCCO3)n2)[C@H](C)C1. The summed E-state index contributed by atoms with van der Waals surface area (Å²) >= 11 is 0. The maximum absolute atomic E-state index is 10.3. The number of fused-ring (bicyclic) bond motifs is 3. The number of rotatable bonds is 6. The lowest BCUT2D eigenvalue weighted by atomic mass is 9.99. The molecule has 7 rings (SSSR count). The van der Waals surface area contributed by atoms with Gasteiger partial charge in [-0.2, -0.15) is 20.1 Å². The number of ether oxygens (including phenoxy) is 3. The molecule has 0 N–H and O–H groups in total. The lowest BCUT2D eigenvalue weighted by Crippen LogP contribution is -2.47. The Kier molecular flexibility index (Phi) is 6.86. The number of pyridine rings is 1. The lowest BCUT2D eigenvalue weighted by Gasteiger charge is -2.40. The van der Waals surface area contributed by atoms with E-state index in [0.29, 0.717) is 29.2 Å². The quantitative estimate of drug-likeness (QED) is 0.454. The van der Waals surface area contributed by atoms with Gasteiger partial charge >= 0.3 is 0 Å². The summed E-state index contributed by atoms with van der Waals surface area (Å²) in [5, 5.41) is 20.7. The fourth-order valence-electron chi connectivity index (χ4n) is 7.09. The van der Waals surface area contributed by atoms with E-state index in [4.69, 9.17) is 29.4 Å². The molecule has 4 aliphatic heterocycles. The van der Waals surface area contributed by atoms with Crippen LogP contribution in [0.5, 0.6) is 0 Å². The predicted molar refractivity (Wildman–Crippen MR) is 150 cm³/mol. The Hall–Kier alpha value is -3.20. The van der Waals surface area contributed by atoms with Crippen molar-refractivity contribution >= 4 is 22.5 Å². The second-order valence-electron chi connectivity index (χ2n) is 11.5.